The Bertz CT molecular complexity index is 5980. The Kier molecular flexibility index (Phi) is 27.7. The number of rotatable bonds is 25. The summed E-state index contributed by atoms with van der Waals surface area (Å²) in [6.07, 6.45) is 14.2. The van der Waals surface area contributed by atoms with Crippen LogP contribution in [0.3, 0.4) is 0 Å². The molecule has 12 aromatic rings. The minimum Gasteiger partial charge on any atom is -0.497 e. The van der Waals surface area contributed by atoms with E-state index < -0.39 is 0 Å². The van der Waals surface area contributed by atoms with Crippen LogP contribution in [0.2, 0.25) is 5.02 Å². The summed E-state index contributed by atoms with van der Waals surface area (Å²) in [5.41, 5.74) is 15.3. The molecule has 11 heterocycles. The van der Waals surface area contributed by atoms with Gasteiger partial charge in [-0.15, -0.1) is 0 Å². The molecule has 3 N–H and O–H groups in total. The van der Waals surface area contributed by atoms with E-state index in [0.717, 1.165) is 138 Å². The number of hydrogen-bond acceptors (Lipinski definition) is 25. The van der Waals surface area contributed by atoms with Gasteiger partial charge in [-0.1, -0.05) is 72.3 Å². The zero-order valence-corrected chi connectivity index (χ0v) is 76.2. The summed E-state index contributed by atoms with van der Waals surface area (Å²) in [5, 5.41) is 19.1. The normalized spacial score (nSPS) is 14.7. The van der Waals surface area contributed by atoms with Crippen LogP contribution in [-0.4, -0.2) is 232 Å². The van der Waals surface area contributed by atoms with Gasteiger partial charge < -0.3 is 59.4 Å². The minimum absolute atomic E-state index is 0.0855. The molecule has 0 bridgehead atoms. The number of para-hydroxylation sites is 3. The second kappa shape index (κ2) is 39.9. The fourth-order valence-corrected chi connectivity index (χ4v) is 16.5. The molecule has 0 saturated carbocycles. The Balaban J connectivity index is 0.000000149. The maximum atomic E-state index is 14.6. The quantitative estimate of drug-likeness (QED) is 0.0479. The van der Waals surface area contributed by atoms with E-state index in [4.69, 9.17) is 45.5 Å². The van der Waals surface area contributed by atoms with Crippen LogP contribution >= 0.6 is 11.6 Å². The molecule has 670 valence electrons. The highest BCUT2D eigenvalue weighted by molar-refractivity contribution is 6.34. The monoisotopic (exact) mass is 1760 g/mol. The first kappa shape index (κ1) is 89.8. The molecule has 0 aliphatic carbocycles. The van der Waals surface area contributed by atoms with Crippen molar-refractivity contribution in [1.82, 2.24) is 78.9 Å². The van der Waals surface area contributed by atoms with Crippen molar-refractivity contribution in [2.24, 2.45) is 0 Å². The lowest BCUT2D eigenvalue weighted by Crippen LogP contribution is -2.48. The van der Waals surface area contributed by atoms with Gasteiger partial charge in [-0.25, -0.2) is 49.0 Å². The maximum Gasteiger partial charge on any atom is 0.336 e. The van der Waals surface area contributed by atoms with Gasteiger partial charge in [-0.05, 0) is 158 Å². The van der Waals surface area contributed by atoms with Crippen LogP contribution in [-0.2, 0) is 44.1 Å². The van der Waals surface area contributed by atoms with E-state index in [1.54, 1.807) is 133 Å². The lowest BCUT2D eigenvalue weighted by atomic mass is 10.1. The Morgan fingerprint density at radius 2 is 0.899 bits per heavy atom. The molecule has 35 heteroatoms. The van der Waals surface area contributed by atoms with Gasteiger partial charge in [-0.3, -0.25) is 33.8 Å². The highest BCUT2D eigenvalue weighted by atomic mass is 35.5. The Hall–Kier alpha value is -14.1. The molecule has 6 aromatic heterocycles. The van der Waals surface area contributed by atoms with Gasteiger partial charge in [0, 0.05) is 150 Å². The van der Waals surface area contributed by atoms with Crippen LogP contribution in [0.4, 0.5) is 107 Å². The number of benzene rings is 6. The van der Waals surface area contributed by atoms with Crippen molar-refractivity contribution >= 4 is 128 Å². The smallest absolute Gasteiger partial charge is 0.336 e. The summed E-state index contributed by atoms with van der Waals surface area (Å²) in [4.78, 5) is 111. The van der Waals surface area contributed by atoms with Crippen LogP contribution in [0.15, 0.2) is 177 Å². The van der Waals surface area contributed by atoms with E-state index in [-0.39, 0.29) is 30.5 Å². The third-order valence-electron chi connectivity index (χ3n) is 23.1. The Labute approximate surface area is 756 Å². The predicted octanol–water partition coefficient (Wildman–Crippen LogP) is 15.1. The number of aromatic nitrogens is 11. The Morgan fingerprint density at radius 1 is 0.457 bits per heavy atom. The number of halogens is 1. The molecule has 7 amide bonds. The molecule has 129 heavy (non-hydrogen) atoms. The third kappa shape index (κ3) is 20.3. The van der Waals surface area contributed by atoms with Crippen LogP contribution in [0.5, 0.6) is 23.0 Å². The van der Waals surface area contributed by atoms with Gasteiger partial charge in [0.05, 0.1) is 125 Å². The topological polar surface area (TPSA) is 306 Å². The van der Waals surface area contributed by atoms with Crippen LogP contribution in [0.1, 0.15) is 57.0 Å². The highest BCUT2D eigenvalue weighted by Gasteiger charge is 2.41. The second-order valence-electron chi connectivity index (χ2n) is 32.8. The molecule has 2 fully saturated rings. The van der Waals surface area contributed by atoms with Gasteiger partial charge in [-0.2, -0.15) is 25.1 Å². The van der Waals surface area contributed by atoms with Gasteiger partial charge in [0.15, 0.2) is 17.5 Å². The molecule has 0 atom stereocenters. The molecule has 0 spiro atoms. The van der Waals surface area contributed by atoms with Crippen molar-refractivity contribution in [1.29, 1.82) is 0 Å². The number of anilines is 16. The summed E-state index contributed by atoms with van der Waals surface area (Å²) in [6.45, 7) is 23.7. The van der Waals surface area contributed by atoms with E-state index in [1.165, 1.54) is 10.5 Å². The number of aryl methyl sites for hydroxylation is 5. The van der Waals surface area contributed by atoms with Crippen molar-refractivity contribution in [3.63, 3.8) is 0 Å². The fourth-order valence-electron chi connectivity index (χ4n) is 16.2. The summed E-state index contributed by atoms with van der Waals surface area (Å²) < 4.78 is 26.0. The number of hydrogen-bond donors (Lipinski definition) is 3. The summed E-state index contributed by atoms with van der Waals surface area (Å²) in [5.74, 6) is 5.25. The molecule has 5 aliphatic heterocycles. The molecule has 34 nitrogen and oxygen atoms in total. The van der Waals surface area contributed by atoms with Crippen molar-refractivity contribution in [3.05, 3.63) is 232 Å². The number of carbonyl (C=O) groups is 4. The maximum absolute atomic E-state index is 14.6. The van der Waals surface area contributed by atoms with E-state index in [0.29, 0.717) is 125 Å². The Morgan fingerprint density at radius 3 is 1.36 bits per heavy atom. The molecule has 5 aliphatic rings. The van der Waals surface area contributed by atoms with Gasteiger partial charge in [0.25, 0.3) is 0 Å². The van der Waals surface area contributed by atoms with Gasteiger partial charge >= 0.3 is 18.1 Å². The molecule has 2 saturated heterocycles. The number of carbonyl (C=O) groups excluding carboxylic acids is 4. The van der Waals surface area contributed by atoms with Crippen LogP contribution < -0.4 is 69.2 Å². The van der Waals surface area contributed by atoms with E-state index in [1.807, 2.05) is 168 Å². The van der Waals surface area contributed by atoms with Crippen molar-refractivity contribution < 1.29 is 38.1 Å². The first-order chi connectivity index (χ1) is 62.3. The standard InChI is InChI=1S/C34H42N10O3.C33H36ClN7O3.C27H31N9O2/c1-23-8-7-9-24(2)31(23)43-21-26-19-35-33(37-27-20-36-42(22-27)17-12-39(4)5)38-32(26)44(34(43)46)29-11-10-28(18-30(29)47-6)41-15-13-40(14-16-41)25(3)45;1-22-6-5-7-27(34)30(22)40-21-24-19-35-32(36-25-10-8-23(9-11-25)20-39-16-14-38(2)15-17-39)37-31(24)41(33(40)42)28-13-12-26(43-3)18-29(28)44-4;1-18-7-6-8-19(2)24(18)35-16-20-13-29-26(31-21-14-30-34(17-21)12-11-33(3)4)32-25(20)36(27(35)37)23-10-9-22(38-5)15-28-23/h7-11,18-20,22H,12-17,21H2,1-6H3,(H,35,37,38);5-13,18-19H,14-17,20-21H2,1-4H3,(H,35,36,37);6-10,13-15,17H,11-12,16H2,1-5H3,(H,29,31,32). The average Bonchev–Trinajstić information content (AvgIpc) is 0.989. The number of urea groups is 3. The molecule has 6 aromatic carbocycles. The lowest BCUT2D eigenvalue weighted by Gasteiger charge is -2.38. The van der Waals surface area contributed by atoms with Crippen molar-refractivity contribution in [3.8, 4) is 23.0 Å². The molecular weight excluding hydrogens is 1660 g/mol. The van der Waals surface area contributed by atoms with E-state index in [2.05, 4.69) is 89.8 Å². The molecule has 0 unspecified atom stereocenters. The van der Waals surface area contributed by atoms with E-state index >= 15 is 0 Å². The third-order valence-corrected chi connectivity index (χ3v) is 23.4. The van der Waals surface area contributed by atoms with Gasteiger partial charge in [0.2, 0.25) is 23.8 Å². The number of fused-ring (bicyclic) bond motifs is 3. The molecular formula is C94H109ClN26O8. The first-order valence-corrected chi connectivity index (χ1v) is 43.0. The molecule has 17 rings (SSSR count). The summed E-state index contributed by atoms with van der Waals surface area (Å²) >= 11 is 6.63. The highest BCUT2D eigenvalue weighted by Crippen LogP contribution is 2.47. The summed E-state index contributed by atoms with van der Waals surface area (Å²) in [7, 11) is 16.6. The largest absolute Gasteiger partial charge is 0.497 e. The minimum atomic E-state index is -0.310. The zero-order valence-electron chi connectivity index (χ0n) is 75.5. The number of ether oxygens (including phenoxy) is 4. The van der Waals surface area contributed by atoms with Crippen LogP contribution in [0.25, 0.3) is 0 Å². The zero-order chi connectivity index (χ0) is 90.8. The number of amides is 7. The first-order valence-electron chi connectivity index (χ1n) is 42.7. The lowest BCUT2D eigenvalue weighted by molar-refractivity contribution is -0.129. The van der Waals surface area contributed by atoms with Crippen molar-refractivity contribution in [2.45, 2.75) is 80.8 Å². The predicted molar refractivity (Wildman–Crippen MR) is 504 cm³/mol. The van der Waals surface area contributed by atoms with Crippen LogP contribution in [0, 0.1) is 34.6 Å². The van der Waals surface area contributed by atoms with Gasteiger partial charge in [0.1, 0.15) is 28.8 Å². The number of piperazine rings is 2. The number of pyridine rings is 1. The fraction of sp³-hybridized carbons (Fsp3) is 0.330. The number of nitrogens with zero attached hydrogens (tertiary/aromatic N) is 23. The number of methoxy groups -OCH3 is 4. The number of likely N-dealkylation sites (N-methyl/N-ethyl adjacent to an activating group) is 3. The second-order valence-corrected chi connectivity index (χ2v) is 33.2. The number of nitrogens with one attached hydrogen (secondary N) is 3. The summed E-state index contributed by atoms with van der Waals surface area (Å²) in [6, 6.07) is 39.8. The average molecular weight is 1770 g/mol. The SMILES string of the molecule is COc1cc(N2CCN(C(C)=O)CC2)ccc1N1C(=O)N(c2c(C)cccc2C)Cc2cnc(Nc3cnn(CCN(C)C)c3)nc21.COc1ccc(N2C(=O)N(c3c(C)cccc3C)Cc3cnc(Nc4cnn(CCN(C)C)c4)nc32)nc1.COc1ccc(N2C(=O)N(c3c(C)cccc3Cl)Cc3cnc(Nc4ccc(CN5CCN(C)CC5)cc4)nc32)c(OC)c1. The van der Waals surface area contributed by atoms with Crippen molar-refractivity contribution in [2.75, 3.05) is 179 Å². The van der Waals surface area contributed by atoms with E-state index in [9.17, 15) is 19.2 Å². The molecule has 0 radical (unpaired) electrons.